The highest BCUT2D eigenvalue weighted by Crippen LogP contribution is 2.40. The molecule has 9 nitrogen and oxygen atoms in total. The van der Waals surface area contributed by atoms with E-state index in [4.69, 9.17) is 19.2 Å². The molecule has 0 aliphatic carbocycles. The molecule has 38 heavy (non-hydrogen) atoms. The number of esters is 1. The topological polar surface area (TPSA) is 117 Å². The molecule has 0 amide bonds. The molecular weight excluding hydrogens is 488 g/mol. The first kappa shape index (κ1) is 23.9. The van der Waals surface area contributed by atoms with Gasteiger partial charge in [0.2, 0.25) is 0 Å². The third kappa shape index (κ3) is 3.58. The monoisotopic (exact) mass is 512 g/mol. The van der Waals surface area contributed by atoms with Gasteiger partial charge in [-0.2, -0.15) is 0 Å². The highest BCUT2D eigenvalue weighted by atomic mass is 16.7. The largest absolute Gasteiger partial charge is 0.519 e. The highest BCUT2D eigenvalue weighted by molar-refractivity contribution is 5.90. The van der Waals surface area contributed by atoms with Gasteiger partial charge < -0.3 is 23.9 Å². The van der Waals surface area contributed by atoms with Gasteiger partial charge in [0.25, 0.3) is 5.56 Å². The molecule has 9 heteroatoms. The SMILES string of the molecule is CCc1c2c(nc3ccc(OC(=O)Oc4ccccc4)cc13)-c1cc3c(c(=O)n1C2)COC(=O)[C@]3(O)CC. The number of hydrogen-bond acceptors (Lipinski definition) is 8. The fraction of sp³-hybridized carbons (Fsp3) is 0.241. The quantitative estimate of drug-likeness (QED) is 0.281. The van der Waals surface area contributed by atoms with Crippen molar-refractivity contribution < 1.29 is 28.9 Å². The van der Waals surface area contributed by atoms with E-state index in [2.05, 4.69) is 0 Å². The van der Waals surface area contributed by atoms with Gasteiger partial charge in [0, 0.05) is 16.5 Å². The lowest BCUT2D eigenvalue weighted by Gasteiger charge is -2.31. The molecule has 4 heterocycles. The predicted molar refractivity (Wildman–Crippen MR) is 137 cm³/mol. The minimum atomic E-state index is -1.88. The number of para-hydroxylation sites is 1. The Morgan fingerprint density at radius 1 is 1.05 bits per heavy atom. The Morgan fingerprint density at radius 2 is 1.82 bits per heavy atom. The highest BCUT2D eigenvalue weighted by Gasteiger charge is 2.45. The van der Waals surface area contributed by atoms with Gasteiger partial charge in [-0.25, -0.2) is 14.6 Å². The van der Waals surface area contributed by atoms with E-state index in [9.17, 15) is 19.5 Å². The van der Waals surface area contributed by atoms with Crippen molar-refractivity contribution in [2.75, 3.05) is 0 Å². The van der Waals surface area contributed by atoms with E-state index in [0.717, 1.165) is 16.5 Å². The van der Waals surface area contributed by atoms with Crippen LogP contribution in [0.15, 0.2) is 59.4 Å². The van der Waals surface area contributed by atoms with Crippen LogP contribution in [0, 0.1) is 0 Å². The number of aryl methyl sites for hydroxylation is 1. The van der Waals surface area contributed by atoms with Crippen molar-refractivity contribution in [2.45, 2.75) is 45.4 Å². The number of carbonyl (C=O) groups excluding carboxylic acids is 2. The first-order valence-corrected chi connectivity index (χ1v) is 12.4. The van der Waals surface area contributed by atoms with Gasteiger partial charge in [-0.3, -0.25) is 4.79 Å². The van der Waals surface area contributed by atoms with Gasteiger partial charge in [-0.15, -0.1) is 0 Å². The Bertz CT molecular complexity index is 1690. The van der Waals surface area contributed by atoms with Gasteiger partial charge in [0.1, 0.15) is 18.1 Å². The molecule has 4 aromatic rings. The predicted octanol–water partition coefficient (Wildman–Crippen LogP) is 4.22. The van der Waals surface area contributed by atoms with Crippen LogP contribution in [-0.2, 0) is 34.7 Å². The number of aromatic nitrogens is 2. The number of fused-ring (bicyclic) bond motifs is 5. The van der Waals surface area contributed by atoms with Crippen LogP contribution in [0.5, 0.6) is 11.5 Å². The number of pyridine rings is 2. The lowest BCUT2D eigenvalue weighted by atomic mass is 9.86. The third-order valence-electron chi connectivity index (χ3n) is 7.28. The van der Waals surface area contributed by atoms with Crippen molar-refractivity contribution in [3.05, 3.63) is 87.2 Å². The van der Waals surface area contributed by atoms with Crippen molar-refractivity contribution in [3.63, 3.8) is 0 Å². The second kappa shape index (κ2) is 8.81. The zero-order valence-corrected chi connectivity index (χ0v) is 20.8. The maximum atomic E-state index is 13.5. The van der Waals surface area contributed by atoms with E-state index in [-0.39, 0.29) is 29.7 Å². The van der Waals surface area contributed by atoms with E-state index in [1.54, 1.807) is 60.0 Å². The minimum absolute atomic E-state index is 0.0788. The molecular formula is C29H24N2O7. The van der Waals surface area contributed by atoms with Gasteiger partial charge >= 0.3 is 12.1 Å². The molecule has 0 saturated heterocycles. The van der Waals surface area contributed by atoms with Crippen LogP contribution in [0.25, 0.3) is 22.3 Å². The zero-order chi connectivity index (χ0) is 26.6. The van der Waals surface area contributed by atoms with Crippen LogP contribution in [0.3, 0.4) is 0 Å². The number of nitrogens with zero attached hydrogens (tertiary/aromatic N) is 2. The number of benzene rings is 2. The summed E-state index contributed by atoms with van der Waals surface area (Å²) in [4.78, 5) is 43.0. The van der Waals surface area contributed by atoms with Crippen LogP contribution in [0.1, 0.15) is 42.5 Å². The lowest BCUT2D eigenvalue weighted by Crippen LogP contribution is -2.44. The van der Waals surface area contributed by atoms with Crippen LogP contribution in [-0.4, -0.2) is 26.8 Å². The summed E-state index contributed by atoms with van der Waals surface area (Å²) < 4.78 is 17.4. The van der Waals surface area contributed by atoms with Crippen molar-refractivity contribution >= 4 is 23.0 Å². The standard InChI is InChI=1S/C29H24N2O7/c1-3-18-19-12-17(38-28(34)37-16-8-6-5-7-9-16)10-11-23(19)30-25-20(18)14-31-24(25)13-22-21(26(31)32)15-36-27(33)29(22,35)4-2/h5-13,35H,3-4,14-15H2,1-2H3/t29-/m0/s1. The van der Waals surface area contributed by atoms with Crippen molar-refractivity contribution in [3.8, 4) is 22.9 Å². The Morgan fingerprint density at radius 3 is 2.55 bits per heavy atom. The van der Waals surface area contributed by atoms with Crippen molar-refractivity contribution in [2.24, 2.45) is 0 Å². The molecule has 0 unspecified atom stereocenters. The summed E-state index contributed by atoms with van der Waals surface area (Å²) in [7, 11) is 0. The van der Waals surface area contributed by atoms with Gasteiger partial charge in [0.05, 0.1) is 29.0 Å². The summed E-state index contributed by atoms with van der Waals surface area (Å²) in [6, 6.07) is 15.5. The van der Waals surface area contributed by atoms with E-state index in [0.29, 0.717) is 41.4 Å². The molecule has 2 aliphatic rings. The molecule has 2 aromatic carbocycles. The van der Waals surface area contributed by atoms with Gasteiger partial charge in [-0.05, 0) is 54.8 Å². The van der Waals surface area contributed by atoms with Crippen molar-refractivity contribution in [1.82, 2.24) is 9.55 Å². The number of cyclic esters (lactones) is 1. The number of aliphatic hydroxyl groups is 1. The number of rotatable bonds is 4. The zero-order valence-electron chi connectivity index (χ0n) is 20.8. The van der Waals surface area contributed by atoms with E-state index in [1.807, 2.05) is 13.0 Å². The molecule has 1 N–H and O–H groups in total. The summed E-state index contributed by atoms with van der Waals surface area (Å²) in [5.41, 5.74) is 2.04. The summed E-state index contributed by atoms with van der Waals surface area (Å²) >= 11 is 0. The average molecular weight is 513 g/mol. The molecule has 0 radical (unpaired) electrons. The van der Waals surface area contributed by atoms with Crippen LogP contribution < -0.4 is 15.0 Å². The Balaban J connectivity index is 1.42. The van der Waals surface area contributed by atoms with E-state index >= 15 is 0 Å². The maximum absolute atomic E-state index is 13.5. The normalized spacial score (nSPS) is 17.4. The van der Waals surface area contributed by atoms with Crippen molar-refractivity contribution in [1.29, 1.82) is 0 Å². The summed E-state index contributed by atoms with van der Waals surface area (Å²) in [5.74, 6) is -0.0733. The third-order valence-corrected chi connectivity index (χ3v) is 7.28. The fourth-order valence-electron chi connectivity index (χ4n) is 5.31. The summed E-state index contributed by atoms with van der Waals surface area (Å²) in [5, 5.41) is 11.9. The van der Waals surface area contributed by atoms with E-state index < -0.39 is 17.7 Å². The number of hydrogen-bond donors (Lipinski definition) is 1. The Labute approximate surface area is 217 Å². The minimum Gasteiger partial charge on any atom is -0.458 e. The second-order valence-corrected chi connectivity index (χ2v) is 9.32. The van der Waals surface area contributed by atoms with E-state index in [1.165, 1.54) is 0 Å². The van der Waals surface area contributed by atoms with Crippen LogP contribution in [0.2, 0.25) is 0 Å². The number of ether oxygens (including phenoxy) is 3. The first-order chi connectivity index (χ1) is 18.3. The average Bonchev–Trinajstić information content (AvgIpc) is 3.29. The maximum Gasteiger partial charge on any atom is 0.519 e. The Hall–Kier alpha value is -4.50. The molecule has 2 aliphatic heterocycles. The molecule has 192 valence electrons. The van der Waals surface area contributed by atoms with Crippen LogP contribution in [0.4, 0.5) is 4.79 Å². The molecule has 1 atom stereocenters. The Kier molecular flexibility index (Phi) is 5.53. The smallest absolute Gasteiger partial charge is 0.458 e. The van der Waals surface area contributed by atoms with Crippen LogP contribution >= 0.6 is 0 Å². The molecule has 2 aromatic heterocycles. The molecule has 0 saturated carbocycles. The first-order valence-electron chi connectivity index (χ1n) is 12.4. The number of carbonyl (C=O) groups is 2. The summed E-state index contributed by atoms with van der Waals surface area (Å²) in [6.07, 6.45) is -0.134. The molecule has 0 spiro atoms. The lowest BCUT2D eigenvalue weighted by molar-refractivity contribution is -0.172. The molecule has 0 fully saturated rings. The van der Waals surface area contributed by atoms with Gasteiger partial charge in [0.15, 0.2) is 5.60 Å². The van der Waals surface area contributed by atoms with Gasteiger partial charge in [-0.1, -0.05) is 32.0 Å². The summed E-state index contributed by atoms with van der Waals surface area (Å²) in [6.45, 7) is 3.79. The fourth-order valence-corrected chi connectivity index (χ4v) is 5.31. The molecule has 6 rings (SSSR count). The second-order valence-electron chi connectivity index (χ2n) is 9.32. The molecule has 0 bridgehead atoms.